The van der Waals surface area contributed by atoms with Gasteiger partial charge in [0.2, 0.25) is 5.91 Å². The van der Waals surface area contributed by atoms with Crippen LogP contribution in [0.4, 0.5) is 10.2 Å². The van der Waals surface area contributed by atoms with Gasteiger partial charge in [-0.2, -0.15) is 0 Å². The van der Waals surface area contributed by atoms with Gasteiger partial charge in [0.1, 0.15) is 17.2 Å². The zero-order chi connectivity index (χ0) is 23.1. The molecule has 1 saturated heterocycles. The van der Waals surface area contributed by atoms with Crippen LogP contribution in [0.15, 0.2) is 48.5 Å². The van der Waals surface area contributed by atoms with Crippen molar-refractivity contribution in [2.24, 2.45) is 0 Å². The molecular formula is C26H24ClFN4O. The van der Waals surface area contributed by atoms with Crippen LogP contribution >= 0.6 is 11.6 Å². The smallest absolute Gasteiger partial charge is 0.222 e. The first kappa shape index (κ1) is 21.6. The maximum absolute atomic E-state index is 16.0. The highest BCUT2D eigenvalue weighted by Gasteiger charge is 2.25. The Labute approximate surface area is 196 Å². The number of carbonyl (C=O) groups is 1. The molecule has 5 rings (SSSR count). The van der Waals surface area contributed by atoms with Crippen LogP contribution in [0.25, 0.3) is 32.8 Å². The van der Waals surface area contributed by atoms with E-state index in [2.05, 4.69) is 14.9 Å². The van der Waals surface area contributed by atoms with E-state index in [4.69, 9.17) is 11.6 Å². The largest absolute Gasteiger partial charge is 0.352 e. The van der Waals surface area contributed by atoms with Crippen molar-refractivity contribution >= 4 is 45.0 Å². The minimum absolute atomic E-state index is 0.146. The van der Waals surface area contributed by atoms with E-state index in [0.717, 1.165) is 16.3 Å². The molecule has 0 bridgehead atoms. The molecule has 1 fully saturated rings. The molecule has 0 atom stereocenters. The average Bonchev–Trinajstić information content (AvgIpc) is 2.84. The van der Waals surface area contributed by atoms with Crippen LogP contribution in [0.3, 0.4) is 0 Å². The lowest BCUT2D eigenvalue weighted by Crippen LogP contribution is -2.49. The Bertz CT molecular complexity index is 1380. The van der Waals surface area contributed by atoms with E-state index in [1.54, 1.807) is 13.0 Å². The first-order valence-electron chi connectivity index (χ1n) is 11.1. The van der Waals surface area contributed by atoms with Gasteiger partial charge in [-0.05, 0) is 29.3 Å². The first-order chi connectivity index (χ1) is 16.0. The third-order valence-electron chi connectivity index (χ3n) is 6.27. The number of halogens is 2. The summed E-state index contributed by atoms with van der Waals surface area (Å²) >= 11 is 6.71. The van der Waals surface area contributed by atoms with E-state index in [-0.39, 0.29) is 11.4 Å². The quantitative estimate of drug-likeness (QED) is 0.397. The third-order valence-corrected chi connectivity index (χ3v) is 6.57. The van der Waals surface area contributed by atoms with Crippen molar-refractivity contribution in [3.05, 3.63) is 65.2 Å². The fourth-order valence-electron chi connectivity index (χ4n) is 4.61. The number of piperazine rings is 1. The SMILES string of the molecule is CCC(=O)N1CCN(c2nc(C)nc3c(F)c(-c4cccc5ccccc45)c(Cl)cc23)CC1. The number of carbonyl (C=O) groups excluding carboxylic acids is 1. The van der Waals surface area contributed by atoms with E-state index in [1.165, 1.54) is 0 Å². The average molecular weight is 463 g/mol. The fourth-order valence-corrected chi connectivity index (χ4v) is 4.91. The summed E-state index contributed by atoms with van der Waals surface area (Å²) in [6.07, 6.45) is 0.493. The number of nitrogens with zero attached hydrogens (tertiary/aromatic N) is 4. The predicted octanol–water partition coefficient (Wildman–Crippen LogP) is 5.61. The number of aryl methyl sites for hydroxylation is 1. The molecule has 1 aliphatic heterocycles. The molecule has 0 saturated carbocycles. The summed E-state index contributed by atoms with van der Waals surface area (Å²) in [5.41, 5.74) is 1.35. The van der Waals surface area contributed by atoms with E-state index < -0.39 is 5.82 Å². The first-order valence-corrected chi connectivity index (χ1v) is 11.5. The standard InChI is InChI=1S/C26H24ClFN4O/c1-3-22(33)31-11-13-32(14-12-31)26-20-15-21(27)23(24(28)25(20)29-16(2)30-26)19-10-6-8-17-7-4-5-9-18(17)19/h4-10,15H,3,11-14H2,1-2H3. The zero-order valence-corrected chi connectivity index (χ0v) is 19.4. The van der Waals surface area contributed by atoms with Gasteiger partial charge in [0.05, 0.1) is 5.02 Å². The summed E-state index contributed by atoms with van der Waals surface area (Å²) in [6, 6.07) is 15.4. The van der Waals surface area contributed by atoms with Crippen LogP contribution in [0.5, 0.6) is 0 Å². The number of rotatable bonds is 3. The molecule has 0 radical (unpaired) electrons. The molecule has 4 aromatic rings. The van der Waals surface area contributed by atoms with Gasteiger partial charge in [0.25, 0.3) is 0 Å². The third kappa shape index (κ3) is 3.78. The lowest BCUT2D eigenvalue weighted by atomic mass is 9.96. The number of hydrogen-bond donors (Lipinski definition) is 0. The van der Waals surface area contributed by atoms with Gasteiger partial charge in [-0.15, -0.1) is 0 Å². The highest BCUT2D eigenvalue weighted by molar-refractivity contribution is 6.35. The number of aromatic nitrogens is 2. The van der Waals surface area contributed by atoms with E-state index in [1.807, 2.05) is 54.3 Å². The number of anilines is 1. The Kier molecular flexibility index (Phi) is 5.62. The number of amides is 1. The van der Waals surface area contributed by atoms with Crippen molar-refractivity contribution in [3.8, 4) is 11.1 Å². The Balaban J connectivity index is 1.63. The number of benzene rings is 3. The summed E-state index contributed by atoms with van der Waals surface area (Å²) in [5.74, 6) is 0.855. The molecule has 168 valence electrons. The second-order valence-corrected chi connectivity index (χ2v) is 8.69. The van der Waals surface area contributed by atoms with Crippen LogP contribution in [-0.2, 0) is 4.79 Å². The molecule has 3 aromatic carbocycles. The van der Waals surface area contributed by atoms with Crippen molar-refractivity contribution in [2.75, 3.05) is 31.1 Å². The van der Waals surface area contributed by atoms with Gasteiger partial charge in [-0.25, -0.2) is 14.4 Å². The van der Waals surface area contributed by atoms with E-state index in [0.29, 0.717) is 60.2 Å². The molecule has 0 aliphatic carbocycles. The summed E-state index contributed by atoms with van der Waals surface area (Å²) < 4.78 is 16.0. The molecule has 7 heteroatoms. The molecule has 0 spiro atoms. The molecule has 1 aromatic heterocycles. The topological polar surface area (TPSA) is 49.3 Å². The zero-order valence-electron chi connectivity index (χ0n) is 18.6. The maximum Gasteiger partial charge on any atom is 0.222 e. The lowest BCUT2D eigenvalue weighted by Gasteiger charge is -2.36. The monoisotopic (exact) mass is 462 g/mol. The van der Waals surface area contributed by atoms with Gasteiger partial charge in [0.15, 0.2) is 5.82 Å². The fraction of sp³-hybridized carbons (Fsp3) is 0.269. The van der Waals surface area contributed by atoms with Crippen LogP contribution in [-0.4, -0.2) is 47.0 Å². The normalized spacial score (nSPS) is 14.3. The Morgan fingerprint density at radius 1 is 1.03 bits per heavy atom. The summed E-state index contributed by atoms with van der Waals surface area (Å²) in [7, 11) is 0. The number of hydrogen-bond acceptors (Lipinski definition) is 4. The van der Waals surface area contributed by atoms with Crippen LogP contribution < -0.4 is 4.90 Å². The maximum atomic E-state index is 16.0. The van der Waals surface area contributed by atoms with Crippen LogP contribution in [0.2, 0.25) is 5.02 Å². The van der Waals surface area contributed by atoms with Gasteiger partial charge < -0.3 is 9.80 Å². The second-order valence-electron chi connectivity index (χ2n) is 8.29. The molecule has 0 unspecified atom stereocenters. The van der Waals surface area contributed by atoms with Crippen molar-refractivity contribution in [1.82, 2.24) is 14.9 Å². The lowest BCUT2D eigenvalue weighted by molar-refractivity contribution is -0.131. The van der Waals surface area contributed by atoms with Gasteiger partial charge in [-0.3, -0.25) is 4.79 Å². The van der Waals surface area contributed by atoms with Crippen molar-refractivity contribution in [2.45, 2.75) is 20.3 Å². The Hall–Kier alpha value is -3.25. The van der Waals surface area contributed by atoms with Crippen LogP contribution in [0, 0.1) is 12.7 Å². The predicted molar refractivity (Wildman–Crippen MR) is 131 cm³/mol. The van der Waals surface area contributed by atoms with Gasteiger partial charge in [-0.1, -0.05) is 61.0 Å². The van der Waals surface area contributed by atoms with Gasteiger partial charge in [0, 0.05) is 43.5 Å². The van der Waals surface area contributed by atoms with Crippen LogP contribution in [0.1, 0.15) is 19.2 Å². The Morgan fingerprint density at radius 2 is 1.76 bits per heavy atom. The number of fused-ring (bicyclic) bond motifs is 2. The molecular weight excluding hydrogens is 439 g/mol. The summed E-state index contributed by atoms with van der Waals surface area (Å²) in [5, 5.41) is 2.86. The highest BCUT2D eigenvalue weighted by atomic mass is 35.5. The van der Waals surface area contributed by atoms with Gasteiger partial charge >= 0.3 is 0 Å². The van der Waals surface area contributed by atoms with Crippen molar-refractivity contribution < 1.29 is 9.18 Å². The van der Waals surface area contributed by atoms with Crippen molar-refractivity contribution in [1.29, 1.82) is 0 Å². The van der Waals surface area contributed by atoms with E-state index >= 15 is 4.39 Å². The Morgan fingerprint density at radius 3 is 2.52 bits per heavy atom. The minimum atomic E-state index is -0.444. The molecule has 1 aliphatic rings. The summed E-state index contributed by atoms with van der Waals surface area (Å²) in [4.78, 5) is 25.1. The minimum Gasteiger partial charge on any atom is -0.352 e. The summed E-state index contributed by atoms with van der Waals surface area (Å²) in [6.45, 7) is 6.12. The molecule has 33 heavy (non-hydrogen) atoms. The molecule has 2 heterocycles. The highest BCUT2D eigenvalue weighted by Crippen LogP contribution is 2.40. The molecule has 5 nitrogen and oxygen atoms in total. The molecule has 1 amide bonds. The molecule has 0 N–H and O–H groups in total. The second kappa shape index (κ2) is 8.60. The van der Waals surface area contributed by atoms with E-state index in [9.17, 15) is 4.79 Å². The van der Waals surface area contributed by atoms with Crippen molar-refractivity contribution in [3.63, 3.8) is 0 Å².